The van der Waals surface area contributed by atoms with Gasteiger partial charge in [-0.2, -0.15) is 0 Å². The number of benzene rings is 4. The van der Waals surface area contributed by atoms with Gasteiger partial charge in [-0.15, -0.1) is 0 Å². The fraction of sp³-hybridized carbons (Fsp3) is 0.257. The van der Waals surface area contributed by atoms with Crippen LogP contribution in [0, 0.1) is 0 Å². The van der Waals surface area contributed by atoms with Crippen molar-refractivity contribution in [3.8, 4) is 11.5 Å². The zero-order valence-electron chi connectivity index (χ0n) is 26.1. The average molecular weight is 683 g/mol. The van der Waals surface area contributed by atoms with Gasteiger partial charge in [0.2, 0.25) is 21.8 Å². The minimum Gasteiger partial charge on any atom is -0.457 e. The van der Waals surface area contributed by atoms with Crippen molar-refractivity contribution in [1.29, 1.82) is 0 Å². The summed E-state index contributed by atoms with van der Waals surface area (Å²) in [6.45, 7) is 4.83. The van der Waals surface area contributed by atoms with Crippen LogP contribution in [-0.4, -0.2) is 49.5 Å². The lowest BCUT2D eigenvalue weighted by atomic mass is 10.0. The maximum Gasteiger partial charge on any atom is 0.244 e. The molecule has 0 unspecified atom stereocenters. The lowest BCUT2D eigenvalue weighted by Crippen LogP contribution is -2.56. The highest BCUT2D eigenvalue weighted by molar-refractivity contribution is 7.92. The third kappa shape index (κ3) is 9.72. The summed E-state index contributed by atoms with van der Waals surface area (Å²) in [5, 5.41) is 3.61. The van der Waals surface area contributed by atoms with Crippen molar-refractivity contribution >= 4 is 50.7 Å². The molecule has 4 aromatic rings. The molecule has 0 aliphatic heterocycles. The Balaban J connectivity index is 1.72. The quantitative estimate of drug-likeness (QED) is 0.172. The van der Waals surface area contributed by atoms with E-state index in [-0.39, 0.29) is 18.7 Å². The third-order valence-electron chi connectivity index (χ3n) is 6.94. The number of carbonyl (C=O) groups excluding carboxylic acids is 2. The molecule has 4 rings (SSSR count). The number of carbonyl (C=O) groups is 2. The first-order valence-electron chi connectivity index (χ1n) is 14.6. The van der Waals surface area contributed by atoms with Crippen LogP contribution >= 0.6 is 23.2 Å². The van der Waals surface area contributed by atoms with E-state index >= 15 is 0 Å². The second-order valence-corrected chi connectivity index (χ2v) is 14.6. The minimum absolute atomic E-state index is 0.131. The molecule has 0 aromatic heterocycles. The van der Waals surface area contributed by atoms with Crippen LogP contribution in [0.1, 0.15) is 31.9 Å². The van der Waals surface area contributed by atoms with Crippen LogP contribution in [0.4, 0.5) is 5.69 Å². The Labute approximate surface area is 280 Å². The van der Waals surface area contributed by atoms with Crippen LogP contribution < -0.4 is 14.4 Å². The molecule has 4 aromatic carbocycles. The second-order valence-electron chi connectivity index (χ2n) is 11.8. The molecule has 0 saturated heterocycles. The fourth-order valence-corrected chi connectivity index (χ4v) is 6.15. The van der Waals surface area contributed by atoms with Crippen LogP contribution in [0.15, 0.2) is 103 Å². The molecular weight excluding hydrogens is 645 g/mol. The number of ether oxygens (including phenoxy) is 1. The smallest absolute Gasteiger partial charge is 0.244 e. The summed E-state index contributed by atoms with van der Waals surface area (Å²) in [6.07, 6.45) is 1.19. The van der Waals surface area contributed by atoms with E-state index in [0.717, 1.165) is 16.1 Å². The highest BCUT2D eigenvalue weighted by Gasteiger charge is 2.35. The van der Waals surface area contributed by atoms with Gasteiger partial charge >= 0.3 is 0 Å². The normalized spacial score (nSPS) is 12.2. The highest BCUT2D eigenvalue weighted by Crippen LogP contribution is 2.29. The molecule has 242 valence electrons. The Morgan fingerprint density at radius 1 is 0.804 bits per heavy atom. The SMILES string of the molecule is CC(C)(C)NC(=O)[C@@H](Cc1ccccc1)N(Cc1c(Cl)cccc1Cl)C(=O)CN(c1ccc(Oc2ccccc2)cc1)S(C)(=O)=O. The van der Waals surface area contributed by atoms with Crippen LogP contribution in [-0.2, 0) is 32.6 Å². The number of halogens is 2. The molecule has 0 aliphatic carbocycles. The Bertz CT molecular complexity index is 1730. The number of rotatable bonds is 12. The predicted molar refractivity (Wildman–Crippen MR) is 184 cm³/mol. The van der Waals surface area contributed by atoms with Gasteiger partial charge in [-0.1, -0.05) is 77.8 Å². The van der Waals surface area contributed by atoms with Crippen LogP contribution in [0.2, 0.25) is 10.0 Å². The van der Waals surface area contributed by atoms with Crippen molar-refractivity contribution in [1.82, 2.24) is 10.2 Å². The molecule has 1 N–H and O–H groups in total. The lowest BCUT2D eigenvalue weighted by Gasteiger charge is -2.35. The molecule has 8 nitrogen and oxygen atoms in total. The number of amides is 2. The summed E-state index contributed by atoms with van der Waals surface area (Å²) in [6, 6.07) is 28.8. The summed E-state index contributed by atoms with van der Waals surface area (Å²) >= 11 is 13.1. The Hall–Kier alpha value is -4.05. The molecule has 0 spiro atoms. The maximum absolute atomic E-state index is 14.3. The molecule has 0 aliphatic rings. The fourth-order valence-electron chi connectivity index (χ4n) is 4.78. The number of anilines is 1. The van der Waals surface area contributed by atoms with E-state index in [9.17, 15) is 18.0 Å². The van der Waals surface area contributed by atoms with Crippen molar-refractivity contribution < 1.29 is 22.7 Å². The zero-order chi connectivity index (χ0) is 33.5. The zero-order valence-corrected chi connectivity index (χ0v) is 28.4. The van der Waals surface area contributed by atoms with Gasteiger partial charge in [-0.3, -0.25) is 13.9 Å². The van der Waals surface area contributed by atoms with Crippen molar-refractivity contribution in [3.05, 3.63) is 124 Å². The molecule has 11 heteroatoms. The van der Waals surface area contributed by atoms with Crippen LogP contribution in [0.3, 0.4) is 0 Å². The van der Waals surface area contributed by atoms with Crippen LogP contribution in [0.5, 0.6) is 11.5 Å². The third-order valence-corrected chi connectivity index (χ3v) is 8.79. The molecule has 0 fully saturated rings. The van der Waals surface area contributed by atoms with Gasteiger partial charge in [-0.25, -0.2) is 8.42 Å². The number of sulfonamides is 1. The van der Waals surface area contributed by atoms with Gasteiger partial charge in [-0.05, 0) is 74.9 Å². The number of hydrogen-bond donors (Lipinski definition) is 1. The Morgan fingerprint density at radius 2 is 1.35 bits per heavy atom. The molecule has 46 heavy (non-hydrogen) atoms. The lowest BCUT2D eigenvalue weighted by molar-refractivity contribution is -0.140. The molecule has 0 heterocycles. The minimum atomic E-state index is -3.95. The number of nitrogens with zero attached hydrogens (tertiary/aromatic N) is 2. The molecule has 1 atom stereocenters. The van der Waals surface area contributed by atoms with Gasteiger partial charge in [0.15, 0.2) is 0 Å². The summed E-state index contributed by atoms with van der Waals surface area (Å²) in [7, 11) is -3.95. The van der Waals surface area contributed by atoms with Crippen LogP contribution in [0.25, 0.3) is 0 Å². The van der Waals surface area contributed by atoms with Gasteiger partial charge in [0.1, 0.15) is 24.1 Å². The molecule has 2 amide bonds. The molecule has 0 saturated carbocycles. The van der Waals surface area contributed by atoms with Crippen molar-refractivity contribution in [2.75, 3.05) is 17.1 Å². The second kappa shape index (κ2) is 15.0. The molecular formula is C35H37Cl2N3O5S. The number of hydrogen-bond acceptors (Lipinski definition) is 5. The summed E-state index contributed by atoms with van der Waals surface area (Å²) in [4.78, 5) is 29.6. The van der Waals surface area contributed by atoms with E-state index in [0.29, 0.717) is 27.1 Å². The van der Waals surface area contributed by atoms with E-state index < -0.39 is 40.0 Å². The van der Waals surface area contributed by atoms with E-state index in [1.54, 1.807) is 54.6 Å². The van der Waals surface area contributed by atoms with E-state index in [4.69, 9.17) is 27.9 Å². The largest absolute Gasteiger partial charge is 0.457 e. The van der Waals surface area contributed by atoms with E-state index in [1.807, 2.05) is 69.3 Å². The first-order chi connectivity index (χ1) is 21.7. The topological polar surface area (TPSA) is 96.0 Å². The average Bonchev–Trinajstić information content (AvgIpc) is 2.99. The first kappa shape index (κ1) is 34.8. The van der Waals surface area contributed by atoms with Crippen molar-refractivity contribution in [2.45, 2.75) is 45.3 Å². The standard InChI is InChI=1S/C35H37Cl2N3O5S/c1-35(2,3)38-34(42)32(22-25-12-7-5-8-13-25)39(23-29-30(36)16-11-17-31(29)37)33(41)24-40(46(4,43)44)26-18-20-28(21-19-26)45-27-14-9-6-10-15-27/h5-21,32H,22-24H2,1-4H3,(H,38,42)/t32-/m1/s1. The Morgan fingerprint density at radius 3 is 1.89 bits per heavy atom. The van der Waals surface area contributed by atoms with Gasteiger partial charge < -0.3 is 15.0 Å². The van der Waals surface area contributed by atoms with E-state index in [1.165, 1.54) is 4.90 Å². The molecule has 0 bridgehead atoms. The Kier molecular flexibility index (Phi) is 11.4. The van der Waals surface area contributed by atoms with Crippen molar-refractivity contribution in [3.63, 3.8) is 0 Å². The van der Waals surface area contributed by atoms with Gasteiger partial charge in [0, 0.05) is 34.1 Å². The van der Waals surface area contributed by atoms with E-state index in [2.05, 4.69) is 5.32 Å². The number of para-hydroxylation sites is 1. The summed E-state index contributed by atoms with van der Waals surface area (Å²) in [5.74, 6) is 0.0981. The van der Waals surface area contributed by atoms with Crippen molar-refractivity contribution in [2.24, 2.45) is 0 Å². The maximum atomic E-state index is 14.3. The predicted octanol–water partition coefficient (Wildman–Crippen LogP) is 7.11. The first-order valence-corrected chi connectivity index (χ1v) is 17.2. The summed E-state index contributed by atoms with van der Waals surface area (Å²) in [5.41, 5.74) is 0.902. The monoisotopic (exact) mass is 681 g/mol. The molecule has 0 radical (unpaired) electrons. The summed E-state index contributed by atoms with van der Waals surface area (Å²) < 4.78 is 33.1. The highest BCUT2D eigenvalue weighted by atomic mass is 35.5. The van der Waals surface area contributed by atoms with Gasteiger partial charge in [0.05, 0.1) is 11.9 Å². The van der Waals surface area contributed by atoms with Gasteiger partial charge in [0.25, 0.3) is 0 Å². The number of nitrogens with one attached hydrogen (secondary N) is 1.